The normalized spacial score (nSPS) is 11.6. The van der Waals surface area contributed by atoms with Gasteiger partial charge in [0.2, 0.25) is 5.88 Å². The summed E-state index contributed by atoms with van der Waals surface area (Å²) in [6.45, 7) is 9.73. The predicted molar refractivity (Wildman–Crippen MR) is 152 cm³/mol. The maximum Gasteiger partial charge on any atom is 0.407 e. The average Bonchev–Trinajstić information content (AvgIpc) is 2.87. The number of nitrogens with one attached hydrogen (secondary N) is 1. The molecule has 1 heterocycles. The smallest absolute Gasteiger partial charge is 0.407 e. The summed E-state index contributed by atoms with van der Waals surface area (Å²) in [7, 11) is 3.06. The van der Waals surface area contributed by atoms with Crippen LogP contribution in [0, 0.1) is 47.3 Å². The average molecular weight is 729 g/mol. The number of hydrogen-bond acceptors (Lipinski definition) is 6. The number of benzene rings is 2. The van der Waals surface area contributed by atoms with E-state index in [-0.39, 0.29) is 46.3 Å². The van der Waals surface area contributed by atoms with Crippen LogP contribution in [0.3, 0.4) is 0 Å². The third-order valence-corrected chi connectivity index (χ3v) is 6.38. The molecule has 1 atom stereocenters. The fourth-order valence-electron chi connectivity index (χ4n) is 3.76. The predicted octanol–water partition coefficient (Wildman–Crippen LogP) is 7.31. The molecule has 2 amide bonds. The summed E-state index contributed by atoms with van der Waals surface area (Å²) in [5.41, 5.74) is 3.39. The van der Waals surface area contributed by atoms with Crippen molar-refractivity contribution >= 4 is 33.6 Å². The summed E-state index contributed by atoms with van der Waals surface area (Å²) in [5, 5.41) is 7.16. The number of rotatable bonds is 8. The molecule has 39 heavy (non-hydrogen) atoms. The Morgan fingerprint density at radius 3 is 2.33 bits per heavy atom. The number of hydrogen-bond donors (Lipinski definition) is 1. The number of amides is 2. The Morgan fingerprint density at radius 2 is 1.74 bits per heavy atom. The number of methoxy groups -OCH3 is 2. The first-order valence-electron chi connectivity index (χ1n) is 12.1. The number of alkyl carbamates (subject to hydrolysis) is 1. The van der Waals surface area contributed by atoms with Gasteiger partial charge in [0.25, 0.3) is 0 Å². The van der Waals surface area contributed by atoms with Gasteiger partial charge in [-0.25, -0.2) is 9.78 Å². The fourth-order valence-corrected chi connectivity index (χ4v) is 4.27. The first-order valence-corrected chi connectivity index (χ1v) is 12.9. The van der Waals surface area contributed by atoms with Gasteiger partial charge in [0, 0.05) is 62.7 Å². The Hall–Kier alpha value is -2.25. The van der Waals surface area contributed by atoms with Gasteiger partial charge in [-0.3, -0.25) is 0 Å². The number of nitrogens with zero attached hydrogens (tertiary/aromatic N) is 2. The standard InChI is InChI=1S/C29H34BrN3O5.Pm/c1-17(16-31-28(35)38-29(3,4)5)19-11-13-20(14-12-19)21-15-23(18(2)32-27(21)37-7)33-26(34)25-22(30)9-8-10-24(25)36-6;/h8-15,17H,16H2,1-7H3,(H2,31,33,34,35);/p-1. The van der Waals surface area contributed by atoms with Crippen LogP contribution in [-0.2, 0) is 4.74 Å². The first-order chi connectivity index (χ1) is 17.9. The molecule has 10 heteroatoms. The molecule has 0 aliphatic carbocycles. The van der Waals surface area contributed by atoms with E-state index < -0.39 is 17.6 Å². The quantitative estimate of drug-likeness (QED) is 0.261. The molecule has 0 saturated carbocycles. The fraction of sp³-hybridized carbons (Fsp3) is 0.345. The van der Waals surface area contributed by atoms with Crippen molar-refractivity contribution in [3.63, 3.8) is 0 Å². The first kappa shape index (κ1) is 33.0. The molecular formula is C29H33BrN3O5Pm-. The van der Waals surface area contributed by atoms with Crippen molar-refractivity contribution in [2.75, 3.05) is 20.8 Å². The van der Waals surface area contributed by atoms with E-state index in [0.29, 0.717) is 45.2 Å². The number of aryl methyl sites for hydroxylation is 1. The van der Waals surface area contributed by atoms with Crippen molar-refractivity contribution in [1.29, 1.82) is 0 Å². The zero-order chi connectivity index (χ0) is 28.0. The summed E-state index contributed by atoms with van der Waals surface area (Å²) in [5.74, 6) is 0.479. The Morgan fingerprint density at radius 1 is 1.08 bits per heavy atom. The van der Waals surface area contributed by atoms with Crippen LogP contribution in [-0.4, -0.2) is 43.3 Å². The van der Waals surface area contributed by atoms with Crippen LogP contribution in [0.15, 0.2) is 53.0 Å². The van der Waals surface area contributed by atoms with Gasteiger partial charge in [-0.15, -0.1) is 5.69 Å². The molecule has 1 radical (unpaired) electrons. The minimum absolute atomic E-state index is 0. The van der Waals surface area contributed by atoms with Gasteiger partial charge in [-0.1, -0.05) is 43.3 Å². The van der Waals surface area contributed by atoms with Gasteiger partial charge >= 0.3 is 6.09 Å². The topological polar surface area (TPSA) is 101 Å². The molecule has 0 bridgehead atoms. The van der Waals surface area contributed by atoms with Gasteiger partial charge < -0.3 is 29.6 Å². The zero-order valence-electron chi connectivity index (χ0n) is 23.2. The molecule has 3 rings (SSSR count). The molecule has 3 aromatic rings. The second kappa shape index (κ2) is 14.4. The van der Waals surface area contributed by atoms with E-state index in [1.54, 1.807) is 38.3 Å². The van der Waals surface area contributed by atoms with Crippen LogP contribution in [0.25, 0.3) is 16.4 Å². The summed E-state index contributed by atoms with van der Waals surface area (Å²) in [6, 6.07) is 15.0. The van der Waals surface area contributed by atoms with E-state index in [9.17, 15) is 9.59 Å². The molecule has 8 nitrogen and oxygen atoms in total. The van der Waals surface area contributed by atoms with Crippen LogP contribution in [0.2, 0.25) is 0 Å². The molecule has 1 N–H and O–H groups in total. The monoisotopic (exact) mass is 727 g/mol. The van der Waals surface area contributed by atoms with Crippen molar-refractivity contribution in [2.45, 2.75) is 46.1 Å². The SMILES string of the molecule is COc1cccc(Br)c1C(=O)[N-]c1cc(-c2ccc(C(C)CNC(=O)OC(C)(C)C)cc2)c(OC)nc1C.[Pm]. The molecule has 0 saturated heterocycles. The molecule has 0 spiro atoms. The number of aromatic nitrogens is 1. The van der Waals surface area contributed by atoms with Crippen LogP contribution in [0.5, 0.6) is 11.6 Å². The van der Waals surface area contributed by atoms with Crippen LogP contribution < -0.4 is 14.8 Å². The Kier molecular flexibility index (Phi) is 12.2. The summed E-state index contributed by atoms with van der Waals surface area (Å²) in [4.78, 5) is 29.6. The molecule has 207 valence electrons. The van der Waals surface area contributed by atoms with Crippen LogP contribution in [0.4, 0.5) is 10.5 Å². The molecule has 2 aromatic carbocycles. The van der Waals surface area contributed by atoms with E-state index in [4.69, 9.17) is 14.2 Å². The minimum atomic E-state index is -0.546. The van der Waals surface area contributed by atoms with Crippen LogP contribution >= 0.6 is 15.9 Å². The molecule has 1 unspecified atom stereocenters. The summed E-state index contributed by atoms with van der Waals surface area (Å²) >= 11 is 3.42. The van der Waals surface area contributed by atoms with E-state index in [1.807, 2.05) is 52.0 Å². The number of halogens is 1. The Balaban J connectivity index is 0.00000533. The minimum Gasteiger partial charge on any atom is -0.621 e. The third-order valence-electron chi connectivity index (χ3n) is 5.72. The second-order valence-corrected chi connectivity index (χ2v) is 10.6. The number of ether oxygens (including phenoxy) is 3. The van der Waals surface area contributed by atoms with E-state index in [1.165, 1.54) is 7.11 Å². The maximum atomic E-state index is 13.1. The Labute approximate surface area is 270 Å². The maximum absolute atomic E-state index is 13.1. The molecule has 1 aromatic heterocycles. The van der Waals surface area contributed by atoms with Crippen molar-refractivity contribution in [3.8, 4) is 22.8 Å². The van der Waals surface area contributed by atoms with Gasteiger partial charge in [0.05, 0.1) is 25.7 Å². The van der Waals surface area contributed by atoms with E-state index in [0.717, 1.165) is 11.1 Å². The summed E-state index contributed by atoms with van der Waals surface area (Å²) < 4.78 is 16.8. The third kappa shape index (κ3) is 8.87. The number of carbonyl (C=O) groups excluding carboxylic acids is 2. The molecule has 0 aliphatic heterocycles. The zero-order valence-corrected chi connectivity index (χ0v) is 27.6. The van der Waals surface area contributed by atoms with E-state index >= 15 is 0 Å². The van der Waals surface area contributed by atoms with E-state index in [2.05, 4.69) is 31.5 Å². The second-order valence-electron chi connectivity index (χ2n) is 9.79. The van der Waals surface area contributed by atoms with Gasteiger partial charge in [-0.05, 0) is 72.8 Å². The van der Waals surface area contributed by atoms with Gasteiger partial charge in [-0.2, -0.15) is 0 Å². The van der Waals surface area contributed by atoms with Crippen LogP contribution in [0.1, 0.15) is 55.2 Å². The van der Waals surface area contributed by atoms with Crippen molar-refractivity contribution in [3.05, 3.63) is 75.1 Å². The Bertz CT molecular complexity index is 1310. The van der Waals surface area contributed by atoms with Crippen molar-refractivity contribution in [1.82, 2.24) is 10.3 Å². The van der Waals surface area contributed by atoms with Gasteiger partial charge in [0.1, 0.15) is 11.4 Å². The molecule has 0 aliphatic rings. The molecular weight excluding hydrogens is 695 g/mol. The largest absolute Gasteiger partial charge is 0.621 e. The number of carbonyl (C=O) groups is 2. The molecule has 0 fully saturated rings. The van der Waals surface area contributed by atoms with Crippen molar-refractivity contribution in [2.24, 2.45) is 0 Å². The van der Waals surface area contributed by atoms with Crippen molar-refractivity contribution < 1.29 is 64.2 Å². The summed E-state index contributed by atoms with van der Waals surface area (Å²) in [6.07, 6.45) is -0.442. The number of pyridine rings is 1. The van der Waals surface area contributed by atoms with Gasteiger partial charge in [0.15, 0.2) is 0 Å².